The normalized spacial score (nSPS) is 11.3. The molecule has 0 aliphatic rings. The highest BCUT2D eigenvalue weighted by Crippen LogP contribution is 2.26. The summed E-state index contributed by atoms with van der Waals surface area (Å²) in [5, 5.41) is 0.253. The largest absolute Gasteiger partial charge is 0.497 e. The number of sulfonamides is 1. The third kappa shape index (κ3) is 4.60. The van der Waals surface area contributed by atoms with Crippen molar-refractivity contribution < 1.29 is 17.9 Å². The van der Waals surface area contributed by atoms with Crippen molar-refractivity contribution >= 4 is 21.6 Å². The Balaban J connectivity index is 2.02. The molecule has 1 N–H and O–H groups in total. The minimum Gasteiger partial charge on any atom is -0.497 e. The number of hydrogen-bond donors (Lipinski definition) is 1. The van der Waals surface area contributed by atoms with Crippen LogP contribution in [0.1, 0.15) is 5.56 Å². The molecule has 0 aliphatic carbocycles. The molecule has 0 saturated heterocycles. The standard InChI is InChI=1S/C16H18ClNO4S/c1-21-13-5-3-4-12(10-13)8-9-18-23(19,20)14-6-7-16(22-2)15(17)11-14/h3-7,10-11,18H,8-9H2,1-2H3. The van der Waals surface area contributed by atoms with Gasteiger partial charge in [0.2, 0.25) is 10.0 Å². The van der Waals surface area contributed by atoms with E-state index in [1.165, 1.54) is 25.3 Å². The molecule has 124 valence electrons. The minimum absolute atomic E-state index is 0.106. The fourth-order valence-electron chi connectivity index (χ4n) is 2.06. The zero-order valence-corrected chi connectivity index (χ0v) is 14.4. The van der Waals surface area contributed by atoms with E-state index in [1.807, 2.05) is 24.3 Å². The van der Waals surface area contributed by atoms with Crippen LogP contribution >= 0.6 is 11.6 Å². The Morgan fingerprint density at radius 3 is 2.52 bits per heavy atom. The maximum atomic E-state index is 12.3. The highest BCUT2D eigenvalue weighted by atomic mass is 35.5. The van der Waals surface area contributed by atoms with E-state index >= 15 is 0 Å². The Kier molecular flexibility index (Phi) is 5.87. The highest BCUT2D eigenvalue weighted by molar-refractivity contribution is 7.89. The van der Waals surface area contributed by atoms with Crippen molar-refractivity contribution in [2.24, 2.45) is 0 Å². The number of halogens is 1. The van der Waals surface area contributed by atoms with Crippen LogP contribution in [0.2, 0.25) is 5.02 Å². The molecule has 0 fully saturated rings. The van der Waals surface area contributed by atoms with Gasteiger partial charge in [-0.2, -0.15) is 0 Å². The van der Waals surface area contributed by atoms with Crippen LogP contribution < -0.4 is 14.2 Å². The second kappa shape index (κ2) is 7.68. The fourth-order valence-corrected chi connectivity index (χ4v) is 3.44. The Hall–Kier alpha value is -1.76. The van der Waals surface area contributed by atoms with Crippen molar-refractivity contribution in [3.63, 3.8) is 0 Å². The van der Waals surface area contributed by atoms with Crippen molar-refractivity contribution in [3.05, 3.63) is 53.1 Å². The molecule has 5 nitrogen and oxygen atoms in total. The van der Waals surface area contributed by atoms with Crippen LogP contribution in [0.15, 0.2) is 47.4 Å². The van der Waals surface area contributed by atoms with Gasteiger partial charge in [0, 0.05) is 6.54 Å². The lowest BCUT2D eigenvalue weighted by atomic mass is 10.1. The van der Waals surface area contributed by atoms with Crippen molar-refractivity contribution in [3.8, 4) is 11.5 Å². The van der Waals surface area contributed by atoms with Crippen LogP contribution in [-0.2, 0) is 16.4 Å². The van der Waals surface area contributed by atoms with Crippen LogP contribution in [0.25, 0.3) is 0 Å². The number of ether oxygens (including phenoxy) is 2. The molecule has 0 aromatic heterocycles. The van der Waals surface area contributed by atoms with Gasteiger partial charge in [-0.15, -0.1) is 0 Å². The topological polar surface area (TPSA) is 64.6 Å². The number of methoxy groups -OCH3 is 2. The van der Waals surface area contributed by atoms with E-state index in [0.29, 0.717) is 12.2 Å². The first-order valence-corrected chi connectivity index (χ1v) is 8.78. The molecule has 0 heterocycles. The van der Waals surface area contributed by atoms with E-state index in [1.54, 1.807) is 7.11 Å². The van der Waals surface area contributed by atoms with Gasteiger partial charge in [0.25, 0.3) is 0 Å². The summed E-state index contributed by atoms with van der Waals surface area (Å²) in [4.78, 5) is 0.106. The molecule has 23 heavy (non-hydrogen) atoms. The van der Waals surface area contributed by atoms with Crippen LogP contribution in [0, 0.1) is 0 Å². The lowest BCUT2D eigenvalue weighted by molar-refractivity contribution is 0.414. The van der Waals surface area contributed by atoms with Crippen LogP contribution in [0.4, 0.5) is 0 Å². The monoisotopic (exact) mass is 355 g/mol. The first kappa shape index (κ1) is 17.6. The number of rotatable bonds is 7. The van der Waals surface area contributed by atoms with E-state index in [9.17, 15) is 8.42 Å². The smallest absolute Gasteiger partial charge is 0.240 e. The fraction of sp³-hybridized carbons (Fsp3) is 0.250. The number of hydrogen-bond acceptors (Lipinski definition) is 4. The van der Waals surface area contributed by atoms with E-state index in [-0.39, 0.29) is 16.5 Å². The maximum absolute atomic E-state index is 12.3. The van der Waals surface area contributed by atoms with Gasteiger partial charge in [-0.3, -0.25) is 0 Å². The number of benzene rings is 2. The molecular formula is C16H18ClNO4S. The molecular weight excluding hydrogens is 338 g/mol. The Labute approximate surface area is 141 Å². The molecule has 0 atom stereocenters. The molecule has 2 rings (SSSR count). The van der Waals surface area contributed by atoms with Gasteiger partial charge >= 0.3 is 0 Å². The summed E-state index contributed by atoms with van der Waals surface area (Å²) >= 11 is 5.97. The van der Waals surface area contributed by atoms with Gasteiger partial charge in [-0.25, -0.2) is 13.1 Å². The van der Waals surface area contributed by atoms with E-state index in [0.717, 1.165) is 11.3 Å². The Morgan fingerprint density at radius 1 is 1.09 bits per heavy atom. The zero-order valence-electron chi connectivity index (χ0n) is 12.9. The highest BCUT2D eigenvalue weighted by Gasteiger charge is 2.15. The molecule has 0 bridgehead atoms. The zero-order chi connectivity index (χ0) is 16.9. The summed E-state index contributed by atoms with van der Waals surface area (Å²) in [6, 6.07) is 11.9. The lowest BCUT2D eigenvalue weighted by Crippen LogP contribution is -2.26. The van der Waals surface area contributed by atoms with E-state index in [2.05, 4.69) is 4.72 Å². The van der Waals surface area contributed by atoms with Gasteiger partial charge in [-0.05, 0) is 42.3 Å². The summed E-state index contributed by atoms with van der Waals surface area (Å²) < 4.78 is 37.2. The molecule has 0 spiro atoms. The Morgan fingerprint density at radius 2 is 1.87 bits per heavy atom. The SMILES string of the molecule is COc1cccc(CCNS(=O)(=O)c2ccc(OC)c(Cl)c2)c1. The molecule has 2 aromatic rings. The second-order valence-corrected chi connectivity index (χ2v) is 6.97. The predicted octanol–water partition coefficient (Wildman–Crippen LogP) is 2.88. The summed E-state index contributed by atoms with van der Waals surface area (Å²) in [5.74, 6) is 1.18. The van der Waals surface area contributed by atoms with E-state index < -0.39 is 10.0 Å². The molecule has 2 aromatic carbocycles. The van der Waals surface area contributed by atoms with Crippen molar-refractivity contribution in [1.82, 2.24) is 4.72 Å². The van der Waals surface area contributed by atoms with Gasteiger partial charge in [0.1, 0.15) is 11.5 Å². The summed E-state index contributed by atoms with van der Waals surface area (Å²) in [7, 11) is -0.548. The Bertz CT molecular complexity index is 777. The van der Waals surface area contributed by atoms with Crippen molar-refractivity contribution in [2.45, 2.75) is 11.3 Å². The first-order valence-electron chi connectivity index (χ1n) is 6.92. The van der Waals surface area contributed by atoms with Crippen LogP contribution in [-0.4, -0.2) is 29.2 Å². The maximum Gasteiger partial charge on any atom is 0.240 e. The van der Waals surface area contributed by atoms with Crippen LogP contribution in [0.5, 0.6) is 11.5 Å². The summed E-state index contributed by atoms with van der Waals surface area (Å²) in [6.07, 6.45) is 0.556. The van der Waals surface area contributed by atoms with Gasteiger partial charge < -0.3 is 9.47 Å². The first-order chi connectivity index (χ1) is 11.0. The minimum atomic E-state index is -3.61. The van der Waals surface area contributed by atoms with Gasteiger partial charge in [0.05, 0.1) is 24.1 Å². The third-order valence-electron chi connectivity index (χ3n) is 3.27. The third-order valence-corrected chi connectivity index (χ3v) is 5.03. The lowest BCUT2D eigenvalue weighted by Gasteiger charge is -2.09. The van der Waals surface area contributed by atoms with E-state index in [4.69, 9.17) is 21.1 Å². The average molecular weight is 356 g/mol. The molecule has 0 radical (unpaired) electrons. The summed E-state index contributed by atoms with van der Waals surface area (Å²) in [6.45, 7) is 0.277. The van der Waals surface area contributed by atoms with Crippen LogP contribution in [0.3, 0.4) is 0 Å². The molecule has 0 amide bonds. The van der Waals surface area contributed by atoms with Gasteiger partial charge in [-0.1, -0.05) is 23.7 Å². The molecule has 7 heteroatoms. The number of nitrogens with one attached hydrogen (secondary N) is 1. The van der Waals surface area contributed by atoms with Gasteiger partial charge in [0.15, 0.2) is 0 Å². The molecule has 0 saturated carbocycles. The summed E-state index contributed by atoms with van der Waals surface area (Å²) in [5.41, 5.74) is 0.986. The molecule has 0 unspecified atom stereocenters. The second-order valence-electron chi connectivity index (χ2n) is 4.80. The van der Waals surface area contributed by atoms with Crippen molar-refractivity contribution in [1.29, 1.82) is 0 Å². The van der Waals surface area contributed by atoms with Crippen molar-refractivity contribution in [2.75, 3.05) is 20.8 Å². The quantitative estimate of drug-likeness (QED) is 0.829. The predicted molar refractivity (Wildman–Crippen MR) is 89.9 cm³/mol. The molecule has 0 aliphatic heterocycles. The average Bonchev–Trinajstić information content (AvgIpc) is 2.54.